The molecular formula is C29H58N4O6. The first kappa shape index (κ1) is 39.2. The quantitative estimate of drug-likeness (QED) is 0.0852. The molecule has 0 aliphatic heterocycles. The molecule has 10 heteroatoms. The van der Waals surface area contributed by atoms with E-state index in [1.165, 1.54) is 0 Å². The van der Waals surface area contributed by atoms with E-state index >= 15 is 0 Å². The van der Waals surface area contributed by atoms with Gasteiger partial charge in [-0.2, -0.15) is 0 Å². The minimum absolute atomic E-state index is 0.0330. The van der Waals surface area contributed by atoms with E-state index in [1.54, 1.807) is 0 Å². The lowest BCUT2D eigenvalue weighted by Crippen LogP contribution is -2.35. The van der Waals surface area contributed by atoms with Crippen LogP contribution in [0.2, 0.25) is 0 Å². The third kappa shape index (κ3) is 26.1. The number of aliphatic hydroxyl groups excluding tert-OH is 2. The second kappa shape index (κ2) is 27.7. The third-order valence-corrected chi connectivity index (χ3v) is 6.22. The summed E-state index contributed by atoms with van der Waals surface area (Å²) in [6.45, 7) is 16.0. The lowest BCUT2D eigenvalue weighted by atomic mass is 10.1. The van der Waals surface area contributed by atoms with Crippen molar-refractivity contribution in [1.82, 2.24) is 16.0 Å². The van der Waals surface area contributed by atoms with Crippen molar-refractivity contribution >= 4 is 12.0 Å². The largest absolute Gasteiger partial charge is 0.449 e. The number of rotatable bonds is 18. The molecule has 0 spiro atoms. The van der Waals surface area contributed by atoms with Crippen LogP contribution in [0.3, 0.4) is 0 Å². The average Bonchev–Trinajstić information content (AvgIpc) is 3.58. The van der Waals surface area contributed by atoms with Crippen LogP contribution in [-0.4, -0.2) is 74.8 Å². The highest BCUT2D eigenvalue weighted by Crippen LogP contribution is 2.51. The minimum Gasteiger partial charge on any atom is -0.449 e. The van der Waals surface area contributed by atoms with Crippen LogP contribution < -0.4 is 21.8 Å². The molecule has 0 aromatic rings. The number of alkyl carbamates (subject to hydrolysis) is 1. The van der Waals surface area contributed by atoms with Crippen molar-refractivity contribution in [1.29, 1.82) is 0 Å². The highest BCUT2D eigenvalue weighted by molar-refractivity contribution is 5.75. The summed E-state index contributed by atoms with van der Waals surface area (Å²) in [4.78, 5) is 27.5. The molecule has 2 unspecified atom stereocenters. The maximum atomic E-state index is 11.7. The second-order valence-electron chi connectivity index (χ2n) is 10.4. The van der Waals surface area contributed by atoms with Crippen molar-refractivity contribution in [2.45, 2.75) is 80.1 Å². The predicted octanol–water partition coefficient (Wildman–Crippen LogP) is 2.82. The molecule has 0 bridgehead atoms. The van der Waals surface area contributed by atoms with E-state index in [9.17, 15) is 9.59 Å². The van der Waals surface area contributed by atoms with Gasteiger partial charge in [-0.15, -0.1) is 11.8 Å². The zero-order valence-corrected chi connectivity index (χ0v) is 25.4. The maximum Gasteiger partial charge on any atom is 0.407 e. The first-order chi connectivity index (χ1) is 18.7. The van der Waals surface area contributed by atoms with Crippen LogP contribution >= 0.6 is 0 Å². The summed E-state index contributed by atoms with van der Waals surface area (Å²) in [5.74, 6) is 13.7. The van der Waals surface area contributed by atoms with Gasteiger partial charge in [0.1, 0.15) is 0 Å². The molecule has 3 atom stereocenters. The number of nitrogens with two attached hydrogens (primary N) is 1. The summed E-state index contributed by atoms with van der Waals surface area (Å²) in [6.07, 6.45) is 5.10. The Bertz CT molecular complexity index is 645. The van der Waals surface area contributed by atoms with Gasteiger partial charge in [0.05, 0.1) is 19.8 Å². The molecule has 0 heterocycles. The van der Waals surface area contributed by atoms with Crippen molar-refractivity contribution in [2.24, 2.45) is 35.5 Å². The van der Waals surface area contributed by atoms with Crippen molar-refractivity contribution in [3.05, 3.63) is 0 Å². The van der Waals surface area contributed by atoms with Crippen LogP contribution in [-0.2, 0) is 14.4 Å². The Labute approximate surface area is 237 Å². The fourth-order valence-corrected chi connectivity index (χ4v) is 3.86. The standard InChI is InChI=1S/C20H34N2O3.C5H12O.C4H12N2O2/c1-5-7-8-9-17-16(6-2)18(17)14-25-20(24)22-13-12-21-19(23)11-10-15(3)4;1-5(2)3-4-6;5-8-4-2-6-1-3-7/h15-18H,6,8-14H2,1-4H3,(H,21,23)(H,22,24);5-6H,3-4H2,1-2H3;6-7H,1-5H2/t16?,17?,18-;;/m1../s1. The number of hydrogen-bond acceptors (Lipinski definition) is 8. The lowest BCUT2D eigenvalue weighted by molar-refractivity contribution is -0.121. The summed E-state index contributed by atoms with van der Waals surface area (Å²) in [7, 11) is 0. The van der Waals surface area contributed by atoms with Crippen LogP contribution in [0.15, 0.2) is 0 Å². The van der Waals surface area contributed by atoms with E-state index in [4.69, 9.17) is 20.8 Å². The monoisotopic (exact) mass is 558 g/mol. The molecule has 0 saturated heterocycles. The number of amides is 2. The maximum absolute atomic E-state index is 11.7. The van der Waals surface area contributed by atoms with E-state index in [2.05, 4.69) is 67.2 Å². The summed E-state index contributed by atoms with van der Waals surface area (Å²) >= 11 is 0. The van der Waals surface area contributed by atoms with Crippen molar-refractivity contribution < 1.29 is 29.4 Å². The van der Waals surface area contributed by atoms with Gasteiger partial charge in [-0.25, -0.2) is 10.7 Å². The molecule has 2 amide bonds. The van der Waals surface area contributed by atoms with Gasteiger partial charge in [-0.1, -0.05) is 41.0 Å². The topological polar surface area (TPSA) is 155 Å². The van der Waals surface area contributed by atoms with Gasteiger partial charge in [0.2, 0.25) is 5.91 Å². The molecule has 0 aromatic carbocycles. The van der Waals surface area contributed by atoms with Crippen LogP contribution in [0, 0.1) is 41.4 Å². The van der Waals surface area contributed by atoms with Crippen LogP contribution in [0.4, 0.5) is 4.79 Å². The number of hydrogen-bond donors (Lipinski definition) is 6. The highest BCUT2D eigenvalue weighted by Gasteiger charge is 2.48. The molecule has 39 heavy (non-hydrogen) atoms. The molecule has 0 radical (unpaired) electrons. The minimum atomic E-state index is -0.398. The van der Waals surface area contributed by atoms with Gasteiger partial charge >= 0.3 is 6.09 Å². The molecule has 230 valence electrons. The summed E-state index contributed by atoms with van der Waals surface area (Å²) < 4.78 is 5.32. The van der Waals surface area contributed by atoms with Crippen LogP contribution in [0.5, 0.6) is 0 Å². The third-order valence-electron chi connectivity index (χ3n) is 6.22. The lowest BCUT2D eigenvalue weighted by Gasteiger charge is -2.09. The molecule has 1 aliphatic rings. The summed E-state index contributed by atoms with van der Waals surface area (Å²) in [5, 5.41) is 24.8. The van der Waals surface area contributed by atoms with E-state index in [0.717, 1.165) is 32.1 Å². The molecule has 10 nitrogen and oxygen atoms in total. The van der Waals surface area contributed by atoms with E-state index in [0.29, 0.717) is 82.0 Å². The first-order valence-corrected chi connectivity index (χ1v) is 14.5. The van der Waals surface area contributed by atoms with Crippen molar-refractivity contribution in [2.75, 3.05) is 52.6 Å². The molecule has 1 rings (SSSR count). The number of carbonyl (C=O) groups is 2. The molecule has 7 N–H and O–H groups in total. The SMILES string of the molecule is CC#CCCC1C(CC)[C@H]1COC(=O)NCCNC(=O)CCC(C)C.CC(C)CCO.NOCCNCCO. The summed E-state index contributed by atoms with van der Waals surface area (Å²) in [6, 6.07) is 0. The normalized spacial score (nSPS) is 17.2. The number of carbonyl (C=O) groups excluding carboxylic acids is 2. The fraction of sp³-hybridized carbons (Fsp3) is 0.862. The Morgan fingerprint density at radius 1 is 0.923 bits per heavy atom. The van der Waals surface area contributed by atoms with Crippen molar-refractivity contribution in [3.8, 4) is 11.8 Å². The zero-order valence-electron chi connectivity index (χ0n) is 25.4. The number of ether oxygens (including phenoxy) is 1. The smallest absolute Gasteiger partial charge is 0.407 e. The zero-order chi connectivity index (χ0) is 29.9. The Morgan fingerprint density at radius 2 is 1.59 bits per heavy atom. The second-order valence-corrected chi connectivity index (χ2v) is 10.4. The van der Waals surface area contributed by atoms with Crippen LogP contribution in [0.25, 0.3) is 0 Å². The summed E-state index contributed by atoms with van der Waals surface area (Å²) in [5.41, 5.74) is 0. The van der Waals surface area contributed by atoms with Crippen molar-refractivity contribution in [3.63, 3.8) is 0 Å². The van der Waals surface area contributed by atoms with Gasteiger partial charge in [0.15, 0.2) is 0 Å². The number of nitrogens with one attached hydrogen (secondary N) is 3. The van der Waals surface area contributed by atoms with E-state index in [-0.39, 0.29) is 12.5 Å². The Morgan fingerprint density at radius 3 is 2.10 bits per heavy atom. The van der Waals surface area contributed by atoms with Gasteiger partial charge < -0.3 is 35.7 Å². The highest BCUT2D eigenvalue weighted by atomic mass is 16.6. The van der Waals surface area contributed by atoms with Crippen LogP contribution in [0.1, 0.15) is 80.1 Å². The fourth-order valence-electron chi connectivity index (χ4n) is 3.86. The molecule has 1 saturated carbocycles. The molecular weight excluding hydrogens is 500 g/mol. The first-order valence-electron chi connectivity index (χ1n) is 14.5. The van der Waals surface area contributed by atoms with Gasteiger partial charge in [0, 0.05) is 45.6 Å². The Balaban J connectivity index is 0. The molecule has 1 aliphatic carbocycles. The van der Waals surface area contributed by atoms with Gasteiger partial charge in [-0.05, 0) is 55.8 Å². The van der Waals surface area contributed by atoms with Gasteiger partial charge in [0.25, 0.3) is 0 Å². The molecule has 0 aromatic heterocycles. The van der Waals surface area contributed by atoms with E-state index < -0.39 is 6.09 Å². The number of aliphatic hydroxyl groups is 2. The van der Waals surface area contributed by atoms with Gasteiger partial charge in [-0.3, -0.25) is 4.79 Å². The molecule has 1 fully saturated rings. The Kier molecular flexibility index (Phi) is 27.8. The van der Waals surface area contributed by atoms with E-state index in [1.807, 2.05) is 6.92 Å². The Hall–Kier alpha value is -1.90. The predicted molar refractivity (Wildman–Crippen MR) is 157 cm³/mol. The average molecular weight is 559 g/mol.